The van der Waals surface area contributed by atoms with Crippen LogP contribution < -0.4 is 11.1 Å². The molecule has 1 fully saturated rings. The number of allylic oxidation sites excluding steroid dienone is 1. The minimum Gasteiger partial charge on any atom is -0.384 e. The third-order valence-electron chi connectivity index (χ3n) is 6.21. The maximum Gasteiger partial charge on any atom is 0.325 e. The molecule has 0 radical (unpaired) electrons. The second kappa shape index (κ2) is 12.3. The number of imide groups is 1. The van der Waals surface area contributed by atoms with E-state index in [9.17, 15) is 23.2 Å². The number of carbonyl (C=O) groups is 3. The highest BCUT2D eigenvalue weighted by Crippen LogP contribution is 2.33. The number of carbonyl (C=O) groups excluding carboxylic acids is 3. The van der Waals surface area contributed by atoms with Crippen LogP contribution in [0.15, 0.2) is 54.3 Å². The average molecular weight is 528 g/mol. The van der Waals surface area contributed by atoms with E-state index in [0.717, 1.165) is 11.0 Å². The van der Waals surface area contributed by atoms with Gasteiger partial charge in [-0.3, -0.25) is 19.5 Å². The quantitative estimate of drug-likeness (QED) is 0.212. The summed E-state index contributed by atoms with van der Waals surface area (Å²) in [5, 5.41) is 8.15. The monoisotopic (exact) mass is 527 g/mol. The van der Waals surface area contributed by atoms with E-state index in [-0.39, 0.29) is 30.9 Å². The van der Waals surface area contributed by atoms with Gasteiger partial charge in [0.05, 0.1) is 12.0 Å². The third kappa shape index (κ3) is 6.13. The van der Waals surface area contributed by atoms with Crippen LogP contribution in [0.1, 0.15) is 30.5 Å². The second-order valence-corrected chi connectivity index (χ2v) is 8.94. The Morgan fingerprint density at radius 1 is 1.32 bits per heavy atom. The van der Waals surface area contributed by atoms with Gasteiger partial charge in [0.2, 0.25) is 11.8 Å². The average Bonchev–Trinajstić information content (AvgIpc) is 2.88. The van der Waals surface area contributed by atoms with Gasteiger partial charge in [-0.2, -0.15) is 5.10 Å². The number of urea groups is 1. The number of nitrogens with two attached hydrogens (primary N) is 1. The molecule has 0 spiro atoms. The molecule has 3 atom stereocenters. The van der Waals surface area contributed by atoms with Crippen LogP contribution in [-0.4, -0.2) is 70.7 Å². The number of hydrogen-bond acceptors (Lipinski definition) is 7. The number of nitrogens with one attached hydrogen (secondary N) is 1. The molecule has 10 nitrogen and oxygen atoms in total. The number of likely N-dealkylation sites (N-methyl/N-ethyl adjacent to an activating group) is 1. The number of aromatic nitrogens is 1. The van der Waals surface area contributed by atoms with Crippen LogP contribution in [0.3, 0.4) is 0 Å². The Morgan fingerprint density at radius 2 is 2.05 bits per heavy atom. The van der Waals surface area contributed by atoms with Crippen LogP contribution >= 0.6 is 0 Å². The van der Waals surface area contributed by atoms with Gasteiger partial charge in [-0.1, -0.05) is 25.6 Å². The summed E-state index contributed by atoms with van der Waals surface area (Å²) in [6.45, 7) is 5.31. The van der Waals surface area contributed by atoms with Crippen molar-refractivity contribution in [1.82, 2.24) is 25.1 Å². The lowest BCUT2D eigenvalue weighted by Gasteiger charge is -2.46. The molecule has 3 N–H and O–H groups in total. The summed E-state index contributed by atoms with van der Waals surface area (Å²) in [6, 6.07) is 4.02. The number of amides is 4. The third-order valence-corrected chi connectivity index (χ3v) is 6.21. The van der Waals surface area contributed by atoms with Gasteiger partial charge in [0.1, 0.15) is 18.5 Å². The van der Waals surface area contributed by atoms with Crippen LogP contribution in [0.5, 0.6) is 0 Å². The van der Waals surface area contributed by atoms with Gasteiger partial charge in [-0.25, -0.2) is 18.6 Å². The minimum absolute atomic E-state index is 0.0562. The Kier molecular flexibility index (Phi) is 9.11. The molecule has 0 unspecified atom stereocenters. The van der Waals surface area contributed by atoms with Crippen LogP contribution in [0, 0.1) is 17.6 Å². The summed E-state index contributed by atoms with van der Waals surface area (Å²) < 4.78 is 28.2. The lowest BCUT2D eigenvalue weighted by molar-refractivity contribution is -0.162. The zero-order chi connectivity index (χ0) is 28.0. The molecular formula is C26H31F2N7O3. The highest BCUT2D eigenvalue weighted by Gasteiger charge is 2.55. The molecule has 1 aromatic heterocycles. The lowest BCUT2D eigenvalue weighted by Crippen LogP contribution is -2.70. The van der Waals surface area contributed by atoms with Crippen LogP contribution in [0.2, 0.25) is 0 Å². The normalized spacial score (nSPS) is 17.6. The fourth-order valence-electron chi connectivity index (χ4n) is 4.34. The standard InChI is InChI=1S/C26H31F2N7O3/c1-5-11-31-34(4)15-33(3)25(37)23-18(13-16-10-12-30-21(29)14-16)24(36)35(23)26(38)32-20(6-2)17-8-7-9-19(27)22(17)28/h5,7-12,14,18,20,23H,1,6,13,15H2,2-4H3,(H2,29,30)(H,32,38)/b31-11-/t18-,20-,23+/m1/s1. The summed E-state index contributed by atoms with van der Waals surface area (Å²) >= 11 is 0. The number of pyridine rings is 1. The highest BCUT2D eigenvalue weighted by atomic mass is 19.2. The topological polar surface area (TPSA) is 124 Å². The molecule has 202 valence electrons. The molecule has 1 aliphatic rings. The summed E-state index contributed by atoms with van der Waals surface area (Å²) in [6.07, 6.45) is 4.81. The van der Waals surface area contributed by atoms with E-state index in [1.165, 1.54) is 47.6 Å². The summed E-state index contributed by atoms with van der Waals surface area (Å²) in [7, 11) is 3.18. The van der Waals surface area contributed by atoms with Gasteiger partial charge in [0.15, 0.2) is 11.6 Å². The fraction of sp³-hybridized carbons (Fsp3) is 0.346. The Bertz CT molecular complexity index is 1240. The van der Waals surface area contributed by atoms with Crippen molar-refractivity contribution in [2.24, 2.45) is 11.0 Å². The molecule has 0 aliphatic carbocycles. The Morgan fingerprint density at radius 3 is 2.71 bits per heavy atom. The predicted octanol–water partition coefficient (Wildman–Crippen LogP) is 2.69. The van der Waals surface area contributed by atoms with E-state index >= 15 is 0 Å². The van der Waals surface area contributed by atoms with Crippen molar-refractivity contribution in [3.8, 4) is 0 Å². The SMILES string of the molecule is C=C/C=N\N(C)CN(C)C(=O)[C@@H]1[C@@H](Cc2ccnc(N)c2)C(=O)N1C(=O)N[C@H](CC)c1cccc(F)c1F. The first-order chi connectivity index (χ1) is 18.1. The van der Waals surface area contributed by atoms with Crippen LogP contribution in [0.25, 0.3) is 0 Å². The summed E-state index contributed by atoms with van der Waals surface area (Å²) in [4.78, 5) is 46.1. The van der Waals surface area contributed by atoms with Crippen molar-refractivity contribution in [2.75, 3.05) is 26.5 Å². The number of hydrogen-bond donors (Lipinski definition) is 2. The molecular weight excluding hydrogens is 496 g/mol. The first-order valence-corrected chi connectivity index (χ1v) is 12.0. The Labute approximate surface area is 219 Å². The molecule has 0 saturated carbocycles. The second-order valence-electron chi connectivity index (χ2n) is 8.94. The number of rotatable bonds is 10. The fourth-order valence-corrected chi connectivity index (χ4v) is 4.34. The van der Waals surface area contributed by atoms with Crippen LogP contribution in [0.4, 0.5) is 19.4 Å². The molecule has 38 heavy (non-hydrogen) atoms. The van der Waals surface area contributed by atoms with Crippen molar-refractivity contribution in [2.45, 2.75) is 31.8 Å². The van der Waals surface area contributed by atoms with E-state index in [1.54, 1.807) is 26.1 Å². The lowest BCUT2D eigenvalue weighted by atomic mass is 9.81. The molecule has 12 heteroatoms. The van der Waals surface area contributed by atoms with Gasteiger partial charge in [0.25, 0.3) is 0 Å². The Hall–Kier alpha value is -4.35. The summed E-state index contributed by atoms with van der Waals surface area (Å²) in [5.74, 6) is -3.78. The van der Waals surface area contributed by atoms with Crippen molar-refractivity contribution in [3.05, 3.63) is 71.9 Å². The maximum absolute atomic E-state index is 14.4. The molecule has 1 saturated heterocycles. The molecule has 1 aromatic carbocycles. The molecule has 4 amide bonds. The van der Waals surface area contributed by atoms with Crippen LogP contribution in [-0.2, 0) is 16.0 Å². The first kappa shape index (κ1) is 28.2. The van der Waals surface area contributed by atoms with E-state index in [1.807, 2.05) is 0 Å². The van der Waals surface area contributed by atoms with Crippen molar-refractivity contribution in [1.29, 1.82) is 0 Å². The van der Waals surface area contributed by atoms with Gasteiger partial charge in [-0.05, 0) is 42.7 Å². The van der Waals surface area contributed by atoms with E-state index in [4.69, 9.17) is 5.73 Å². The van der Waals surface area contributed by atoms with Crippen molar-refractivity contribution >= 4 is 29.9 Å². The van der Waals surface area contributed by atoms with Gasteiger partial charge >= 0.3 is 6.03 Å². The van der Waals surface area contributed by atoms with Gasteiger partial charge < -0.3 is 16.0 Å². The molecule has 2 aromatic rings. The number of likely N-dealkylation sites (tertiary alicyclic amines) is 1. The number of hydrazone groups is 1. The zero-order valence-corrected chi connectivity index (χ0v) is 21.5. The number of anilines is 1. The minimum atomic E-state index is -1.13. The van der Waals surface area contributed by atoms with E-state index < -0.39 is 47.5 Å². The number of halogens is 2. The molecule has 1 aliphatic heterocycles. The predicted molar refractivity (Wildman–Crippen MR) is 138 cm³/mol. The molecule has 3 rings (SSSR count). The van der Waals surface area contributed by atoms with Gasteiger partial charge in [0, 0.05) is 32.1 Å². The van der Waals surface area contributed by atoms with Crippen molar-refractivity contribution in [3.63, 3.8) is 0 Å². The van der Waals surface area contributed by atoms with E-state index in [0.29, 0.717) is 5.56 Å². The zero-order valence-electron chi connectivity index (χ0n) is 21.5. The van der Waals surface area contributed by atoms with E-state index in [2.05, 4.69) is 22.0 Å². The highest BCUT2D eigenvalue weighted by molar-refractivity contribution is 6.09. The number of nitrogen functional groups attached to an aromatic ring is 1. The van der Waals surface area contributed by atoms with Crippen molar-refractivity contribution < 1.29 is 23.2 Å². The smallest absolute Gasteiger partial charge is 0.325 e. The number of β-lactam (4-membered cyclic amide) rings is 1. The number of benzene rings is 1. The maximum atomic E-state index is 14.4. The Balaban J connectivity index is 1.86. The molecule has 2 heterocycles. The van der Waals surface area contributed by atoms with Gasteiger partial charge in [-0.15, -0.1) is 0 Å². The largest absolute Gasteiger partial charge is 0.384 e. The number of nitrogens with zero attached hydrogens (tertiary/aromatic N) is 5. The molecule has 0 bridgehead atoms. The summed E-state index contributed by atoms with van der Waals surface area (Å²) in [5.41, 5.74) is 6.38. The first-order valence-electron chi connectivity index (χ1n) is 12.0.